The summed E-state index contributed by atoms with van der Waals surface area (Å²) >= 11 is 0. The zero-order chi connectivity index (χ0) is 41.4. The first kappa shape index (κ1) is 40.5. The molecule has 6 aromatic rings. The number of hydrogen-bond donors (Lipinski definition) is 3. The molecule has 3 N–H and O–H groups in total. The van der Waals surface area contributed by atoms with Gasteiger partial charge in [-0.1, -0.05) is 80.3 Å². The van der Waals surface area contributed by atoms with Crippen LogP contribution in [0.4, 0.5) is 0 Å². The smallest absolute Gasteiger partial charge is 0.255 e. The molecule has 2 aliphatic rings. The lowest BCUT2D eigenvalue weighted by Crippen LogP contribution is -2.40. The standard InChI is InChI=1S/C26H34N4O2Si.C20H20N4O/c1-26(2,3)29-25(31)21-16-30(17-32-13-14-33(4,5)6)24-23(21)28-22(15-27-24)20-12-8-10-18-9-7-11-19(18)20;1-20(2,3)24-19(25)15-10-21-18-17(15)23-16(11-22-18)14-9-5-7-12-6-4-8-13(12)14/h7-10,12,15-16H,11,13-14,17H2,1-6H3,(H,29,31);4-7,9-11H,8H2,1-3H3,(H,21,22)(H,24,25). The Balaban J connectivity index is 0.000000183. The van der Waals surface area contributed by atoms with Crippen molar-refractivity contribution in [2.75, 3.05) is 6.61 Å². The summed E-state index contributed by atoms with van der Waals surface area (Å²) in [5.41, 5.74) is 11.5. The Bertz CT molecular complexity index is 2580. The number of H-pyrrole nitrogens is 1. The van der Waals surface area contributed by atoms with E-state index in [4.69, 9.17) is 19.7 Å². The zero-order valence-corrected chi connectivity index (χ0v) is 36.1. The number of rotatable bonds is 9. The molecule has 0 radical (unpaired) electrons. The molecule has 0 atom stereocenters. The summed E-state index contributed by atoms with van der Waals surface area (Å²) in [6, 6.07) is 13.5. The van der Waals surface area contributed by atoms with Gasteiger partial charge >= 0.3 is 0 Å². The second-order valence-corrected chi connectivity index (χ2v) is 23.9. The van der Waals surface area contributed by atoms with Gasteiger partial charge in [0, 0.05) is 49.3 Å². The van der Waals surface area contributed by atoms with Crippen molar-refractivity contribution in [2.45, 2.75) is 97.9 Å². The highest BCUT2D eigenvalue weighted by Crippen LogP contribution is 2.33. The van der Waals surface area contributed by atoms with Crippen LogP contribution in [-0.2, 0) is 24.3 Å². The van der Waals surface area contributed by atoms with Gasteiger partial charge in [-0.05, 0) is 82.7 Å². The van der Waals surface area contributed by atoms with Gasteiger partial charge in [0.15, 0.2) is 11.3 Å². The quantitative estimate of drug-likeness (QED) is 0.0980. The van der Waals surface area contributed by atoms with Crippen LogP contribution in [0.1, 0.15) is 84.5 Å². The van der Waals surface area contributed by atoms with E-state index >= 15 is 0 Å². The molecule has 0 spiro atoms. The van der Waals surface area contributed by atoms with Gasteiger partial charge in [-0.15, -0.1) is 0 Å². The third-order valence-electron chi connectivity index (χ3n) is 9.85. The van der Waals surface area contributed by atoms with E-state index in [9.17, 15) is 9.59 Å². The van der Waals surface area contributed by atoms with Crippen molar-refractivity contribution in [3.8, 4) is 22.5 Å². The molecule has 0 bridgehead atoms. The topological polar surface area (TPSA) is 140 Å². The first-order valence-corrected chi connectivity index (χ1v) is 23.7. The zero-order valence-electron chi connectivity index (χ0n) is 35.1. The minimum atomic E-state index is -1.17. The van der Waals surface area contributed by atoms with Crippen LogP contribution in [-0.4, -0.2) is 67.1 Å². The summed E-state index contributed by atoms with van der Waals surface area (Å²) in [7, 11) is -1.17. The molecular weight excluding hydrogens is 741 g/mol. The summed E-state index contributed by atoms with van der Waals surface area (Å²) in [5.74, 6) is -0.301. The molecular formula is C46H54N8O3Si. The van der Waals surface area contributed by atoms with Gasteiger partial charge in [-0.2, -0.15) is 0 Å². The van der Waals surface area contributed by atoms with Crippen LogP contribution >= 0.6 is 0 Å². The number of nitrogens with zero attached hydrogens (tertiary/aromatic N) is 5. The summed E-state index contributed by atoms with van der Waals surface area (Å²) in [6.45, 7) is 19.8. The fourth-order valence-electron chi connectivity index (χ4n) is 7.06. The molecule has 2 aromatic carbocycles. The molecule has 11 nitrogen and oxygen atoms in total. The Hall–Kier alpha value is -5.72. The van der Waals surface area contributed by atoms with Crippen LogP contribution in [0.25, 0.3) is 57.0 Å². The molecule has 0 unspecified atom stereocenters. The van der Waals surface area contributed by atoms with Gasteiger partial charge in [0.25, 0.3) is 11.8 Å². The first-order valence-electron chi connectivity index (χ1n) is 19.9. The van der Waals surface area contributed by atoms with Crippen molar-refractivity contribution < 1.29 is 14.3 Å². The molecule has 0 fully saturated rings. The SMILES string of the molecule is CC(C)(C)NC(=O)c1c[nH]c2ncc(-c3cccc4c3CC=C4)nc12.CC(C)(C)NC(=O)c1cn(COCC[Si](C)(C)C)c2ncc(-c3cccc4c3CC=C4)nc12. The van der Waals surface area contributed by atoms with Crippen molar-refractivity contribution in [3.63, 3.8) is 0 Å². The number of benzene rings is 2. The van der Waals surface area contributed by atoms with E-state index in [1.54, 1.807) is 18.6 Å². The Morgan fingerprint density at radius 2 is 1.33 bits per heavy atom. The minimum absolute atomic E-state index is 0.148. The Labute approximate surface area is 341 Å². The molecule has 8 rings (SSSR count). The van der Waals surface area contributed by atoms with E-state index in [0.29, 0.717) is 46.8 Å². The highest BCUT2D eigenvalue weighted by atomic mass is 28.3. The van der Waals surface area contributed by atoms with Crippen molar-refractivity contribution in [1.82, 2.24) is 40.1 Å². The predicted molar refractivity (Wildman–Crippen MR) is 236 cm³/mol. The number of aromatic nitrogens is 6. The molecule has 300 valence electrons. The van der Waals surface area contributed by atoms with Gasteiger partial charge in [0.05, 0.1) is 34.9 Å². The lowest BCUT2D eigenvalue weighted by atomic mass is 10.0. The highest BCUT2D eigenvalue weighted by Gasteiger charge is 2.24. The van der Waals surface area contributed by atoms with E-state index in [1.807, 2.05) is 64.4 Å². The van der Waals surface area contributed by atoms with Crippen molar-refractivity contribution in [1.29, 1.82) is 0 Å². The van der Waals surface area contributed by atoms with Crippen LogP contribution in [0.2, 0.25) is 25.7 Å². The second-order valence-electron chi connectivity index (χ2n) is 18.3. The number of fused-ring (bicyclic) bond motifs is 4. The monoisotopic (exact) mass is 794 g/mol. The number of carbonyl (C=O) groups is 2. The predicted octanol–water partition coefficient (Wildman–Crippen LogP) is 9.23. The number of carbonyl (C=O) groups excluding carboxylic acids is 2. The van der Waals surface area contributed by atoms with Crippen LogP contribution in [0.15, 0.2) is 73.3 Å². The fourth-order valence-corrected chi connectivity index (χ4v) is 7.82. The summed E-state index contributed by atoms with van der Waals surface area (Å²) < 4.78 is 7.86. The van der Waals surface area contributed by atoms with Crippen molar-refractivity contribution >= 4 is 54.4 Å². The van der Waals surface area contributed by atoms with Crippen LogP contribution < -0.4 is 10.6 Å². The summed E-state index contributed by atoms with van der Waals surface area (Å²) in [6.07, 6.45) is 17.4. The van der Waals surface area contributed by atoms with Crippen LogP contribution in [0, 0.1) is 0 Å². The number of ether oxygens (including phenoxy) is 1. The van der Waals surface area contributed by atoms with Gasteiger partial charge in [0.1, 0.15) is 17.8 Å². The van der Waals surface area contributed by atoms with E-state index in [1.165, 1.54) is 22.3 Å². The third-order valence-corrected chi connectivity index (χ3v) is 11.6. The van der Waals surface area contributed by atoms with Crippen molar-refractivity contribution in [3.05, 3.63) is 107 Å². The molecule has 12 heteroatoms. The molecule has 58 heavy (non-hydrogen) atoms. The number of nitrogens with one attached hydrogen (secondary N) is 3. The van der Waals surface area contributed by atoms with Gasteiger partial charge in [-0.3, -0.25) is 9.59 Å². The number of amides is 2. The summed E-state index contributed by atoms with van der Waals surface area (Å²) in [5, 5.41) is 6.04. The highest BCUT2D eigenvalue weighted by molar-refractivity contribution is 6.76. The Morgan fingerprint density at radius 1 is 0.776 bits per heavy atom. The number of hydrogen-bond acceptors (Lipinski definition) is 7. The Morgan fingerprint density at radius 3 is 1.90 bits per heavy atom. The third kappa shape index (κ3) is 9.19. The minimum Gasteiger partial charge on any atom is -0.361 e. The maximum Gasteiger partial charge on any atom is 0.255 e. The molecule has 4 aromatic heterocycles. The Kier molecular flexibility index (Phi) is 11.1. The van der Waals surface area contributed by atoms with E-state index in [-0.39, 0.29) is 22.9 Å². The number of allylic oxidation sites excluding steroid dienone is 2. The maximum absolute atomic E-state index is 13.1. The average Bonchev–Trinajstić information content (AvgIpc) is 3.96. The molecule has 0 aliphatic heterocycles. The summed E-state index contributed by atoms with van der Waals surface area (Å²) in [4.78, 5) is 47.6. The van der Waals surface area contributed by atoms with E-state index in [0.717, 1.165) is 41.4 Å². The average molecular weight is 795 g/mol. The van der Waals surface area contributed by atoms with Crippen LogP contribution in [0.3, 0.4) is 0 Å². The van der Waals surface area contributed by atoms with Gasteiger partial charge < -0.3 is 24.9 Å². The molecule has 0 saturated heterocycles. The molecule has 4 heterocycles. The first-order chi connectivity index (χ1) is 27.4. The number of aromatic amines is 1. The molecule has 0 saturated carbocycles. The molecule has 2 aliphatic carbocycles. The van der Waals surface area contributed by atoms with Gasteiger partial charge in [0.2, 0.25) is 0 Å². The second kappa shape index (κ2) is 15.9. The fraction of sp³-hybridized carbons (Fsp3) is 0.348. The lowest BCUT2D eigenvalue weighted by molar-refractivity contribution is 0.0884. The van der Waals surface area contributed by atoms with Crippen LogP contribution in [0.5, 0.6) is 0 Å². The maximum atomic E-state index is 13.1. The largest absolute Gasteiger partial charge is 0.361 e. The lowest BCUT2D eigenvalue weighted by Gasteiger charge is -2.20. The molecule has 2 amide bonds. The van der Waals surface area contributed by atoms with Gasteiger partial charge in [-0.25, -0.2) is 19.9 Å². The normalized spacial score (nSPS) is 13.4. The van der Waals surface area contributed by atoms with E-state index in [2.05, 4.69) is 88.8 Å². The van der Waals surface area contributed by atoms with Crippen molar-refractivity contribution in [2.24, 2.45) is 0 Å². The van der Waals surface area contributed by atoms with E-state index < -0.39 is 8.07 Å².